The Morgan fingerprint density at radius 2 is 1.95 bits per heavy atom. The van der Waals surface area contributed by atoms with E-state index in [1.807, 2.05) is 4.90 Å². The summed E-state index contributed by atoms with van der Waals surface area (Å²) in [6.07, 6.45) is 0. The Labute approximate surface area is 128 Å². The van der Waals surface area contributed by atoms with Crippen molar-refractivity contribution in [3.05, 3.63) is 17.5 Å². The van der Waals surface area contributed by atoms with Gasteiger partial charge in [0.15, 0.2) is 19.7 Å². The van der Waals surface area contributed by atoms with Gasteiger partial charge in [-0.05, 0) is 11.4 Å². The zero-order valence-corrected chi connectivity index (χ0v) is 13.8. The number of morpholine rings is 1. The summed E-state index contributed by atoms with van der Waals surface area (Å²) in [4.78, 5) is 1.95. The maximum Gasteiger partial charge on any atom is 0.193 e. The molecule has 0 saturated carbocycles. The van der Waals surface area contributed by atoms with Gasteiger partial charge in [-0.2, -0.15) is 0 Å². The predicted molar refractivity (Wildman–Crippen MR) is 80.1 cm³/mol. The fraction of sp³-hybridized carbons (Fsp3) is 0.667. The van der Waals surface area contributed by atoms with Gasteiger partial charge in [0.1, 0.15) is 4.21 Å². The molecule has 2 aliphatic rings. The summed E-state index contributed by atoms with van der Waals surface area (Å²) in [5.74, 6) is -0.364. The molecule has 0 radical (unpaired) electrons. The van der Waals surface area contributed by atoms with Crippen LogP contribution in [0.2, 0.25) is 0 Å². The molecule has 0 N–H and O–H groups in total. The quantitative estimate of drug-likeness (QED) is 0.764. The molecule has 0 spiro atoms. The van der Waals surface area contributed by atoms with E-state index in [1.54, 1.807) is 17.5 Å². The van der Waals surface area contributed by atoms with Crippen molar-refractivity contribution in [1.82, 2.24) is 4.90 Å². The first kappa shape index (κ1) is 15.4. The minimum atomic E-state index is -3.61. The van der Waals surface area contributed by atoms with Crippen LogP contribution in [0.15, 0.2) is 21.7 Å². The zero-order chi connectivity index (χ0) is 15.1. The van der Waals surface area contributed by atoms with E-state index in [2.05, 4.69) is 0 Å². The van der Waals surface area contributed by atoms with Crippen LogP contribution in [0.25, 0.3) is 0 Å². The van der Waals surface area contributed by atoms with Crippen LogP contribution >= 0.6 is 11.3 Å². The van der Waals surface area contributed by atoms with Gasteiger partial charge in [0.2, 0.25) is 0 Å². The second-order valence-electron chi connectivity index (χ2n) is 5.31. The van der Waals surface area contributed by atoms with Crippen LogP contribution in [0.3, 0.4) is 0 Å². The average Bonchev–Trinajstić information content (AvgIpc) is 3.07. The fourth-order valence-electron chi connectivity index (χ4n) is 2.92. The van der Waals surface area contributed by atoms with E-state index >= 15 is 0 Å². The molecule has 2 aliphatic heterocycles. The molecule has 1 aromatic rings. The fourth-order valence-corrected chi connectivity index (χ4v) is 8.97. The Morgan fingerprint density at radius 3 is 2.57 bits per heavy atom. The first-order chi connectivity index (χ1) is 9.90. The van der Waals surface area contributed by atoms with Crippen LogP contribution in [0.1, 0.15) is 0 Å². The van der Waals surface area contributed by atoms with Gasteiger partial charge in [0, 0.05) is 19.1 Å². The molecular weight excluding hydrogens is 334 g/mol. The maximum absolute atomic E-state index is 12.7. The first-order valence-electron chi connectivity index (χ1n) is 6.70. The second-order valence-corrected chi connectivity index (χ2v) is 10.8. The van der Waals surface area contributed by atoms with E-state index in [0.29, 0.717) is 26.3 Å². The topological polar surface area (TPSA) is 80.8 Å². The van der Waals surface area contributed by atoms with Crippen molar-refractivity contribution in [3.63, 3.8) is 0 Å². The highest BCUT2D eigenvalue weighted by Crippen LogP contribution is 2.31. The van der Waals surface area contributed by atoms with Gasteiger partial charge in [0.25, 0.3) is 0 Å². The molecule has 0 bridgehead atoms. The Hall–Kier alpha value is -0.480. The number of rotatable bonds is 3. The van der Waals surface area contributed by atoms with Gasteiger partial charge in [-0.25, -0.2) is 16.8 Å². The number of hydrogen-bond donors (Lipinski definition) is 0. The molecule has 2 unspecified atom stereocenters. The largest absolute Gasteiger partial charge is 0.379 e. The third-order valence-corrected chi connectivity index (χ3v) is 9.51. The molecule has 6 nitrogen and oxygen atoms in total. The summed E-state index contributed by atoms with van der Waals surface area (Å²) in [6.45, 7) is 2.19. The highest BCUT2D eigenvalue weighted by atomic mass is 32.2. The number of thiophene rings is 1. The summed E-state index contributed by atoms with van der Waals surface area (Å²) in [5, 5.41) is 0.819. The summed E-state index contributed by atoms with van der Waals surface area (Å²) in [7, 11) is -6.93. The molecule has 0 aliphatic carbocycles. The van der Waals surface area contributed by atoms with Crippen LogP contribution in [-0.4, -0.2) is 70.8 Å². The van der Waals surface area contributed by atoms with Crippen LogP contribution in [0, 0.1) is 0 Å². The molecule has 2 fully saturated rings. The molecule has 3 rings (SSSR count). The second kappa shape index (κ2) is 5.62. The zero-order valence-electron chi connectivity index (χ0n) is 11.3. The van der Waals surface area contributed by atoms with Crippen molar-refractivity contribution in [2.45, 2.75) is 15.5 Å². The van der Waals surface area contributed by atoms with Crippen molar-refractivity contribution in [1.29, 1.82) is 0 Å². The summed E-state index contributed by atoms with van der Waals surface area (Å²) >= 11 is 1.14. The number of nitrogens with zero attached hydrogens (tertiary/aromatic N) is 1. The van der Waals surface area contributed by atoms with E-state index < -0.39 is 31.0 Å². The number of ether oxygens (including phenoxy) is 1. The standard InChI is InChI=1S/C12H17NO5S3/c14-20(15)8-10(13-3-5-18-6-4-13)11(9-20)21(16,17)12-2-1-7-19-12/h1-2,7,10-11H,3-6,8-9H2. The molecule has 21 heavy (non-hydrogen) atoms. The van der Waals surface area contributed by atoms with E-state index in [-0.39, 0.29) is 15.7 Å². The maximum atomic E-state index is 12.7. The van der Waals surface area contributed by atoms with E-state index in [1.165, 1.54) is 0 Å². The molecule has 2 atom stereocenters. The van der Waals surface area contributed by atoms with E-state index in [4.69, 9.17) is 4.74 Å². The van der Waals surface area contributed by atoms with Gasteiger partial charge in [-0.1, -0.05) is 6.07 Å². The van der Waals surface area contributed by atoms with Gasteiger partial charge >= 0.3 is 0 Å². The SMILES string of the molecule is O=S1(=O)CC(N2CCOCC2)C(S(=O)(=O)c2cccs2)C1. The van der Waals surface area contributed by atoms with Crippen LogP contribution in [-0.2, 0) is 24.4 Å². The van der Waals surface area contributed by atoms with Gasteiger partial charge in [-0.15, -0.1) is 11.3 Å². The van der Waals surface area contributed by atoms with Crippen LogP contribution < -0.4 is 0 Å². The Bertz CT molecular complexity index is 689. The van der Waals surface area contributed by atoms with E-state index in [9.17, 15) is 16.8 Å². The van der Waals surface area contributed by atoms with Crippen molar-refractivity contribution in [2.75, 3.05) is 37.8 Å². The molecular formula is C12H17NO5S3. The summed E-state index contributed by atoms with van der Waals surface area (Å²) in [6, 6.07) is 2.75. The molecule has 0 amide bonds. The Kier molecular flexibility index (Phi) is 4.12. The first-order valence-corrected chi connectivity index (χ1v) is 10.9. The highest BCUT2D eigenvalue weighted by molar-refractivity contribution is 7.97. The van der Waals surface area contributed by atoms with Gasteiger partial charge in [-0.3, -0.25) is 4.90 Å². The smallest absolute Gasteiger partial charge is 0.193 e. The third kappa shape index (κ3) is 3.02. The number of sulfone groups is 2. The molecule has 118 valence electrons. The molecule has 3 heterocycles. The van der Waals surface area contributed by atoms with E-state index in [0.717, 1.165) is 11.3 Å². The average molecular weight is 351 g/mol. The third-order valence-electron chi connectivity index (χ3n) is 3.96. The Morgan fingerprint density at radius 1 is 1.24 bits per heavy atom. The number of hydrogen-bond acceptors (Lipinski definition) is 7. The van der Waals surface area contributed by atoms with Crippen molar-refractivity contribution >= 4 is 31.0 Å². The lowest BCUT2D eigenvalue weighted by molar-refractivity contribution is 0.0222. The minimum Gasteiger partial charge on any atom is -0.379 e. The van der Waals surface area contributed by atoms with Crippen molar-refractivity contribution in [3.8, 4) is 0 Å². The van der Waals surface area contributed by atoms with Crippen LogP contribution in [0.5, 0.6) is 0 Å². The minimum absolute atomic E-state index is 0.0811. The monoisotopic (exact) mass is 351 g/mol. The molecule has 2 saturated heterocycles. The Balaban J connectivity index is 1.94. The molecule has 0 aromatic carbocycles. The molecule has 9 heteroatoms. The van der Waals surface area contributed by atoms with Gasteiger partial charge in [0.05, 0.1) is 30.0 Å². The normalized spacial score (nSPS) is 30.5. The lowest BCUT2D eigenvalue weighted by atomic mass is 10.2. The lowest BCUT2D eigenvalue weighted by Crippen LogP contribution is -2.50. The molecule has 1 aromatic heterocycles. The van der Waals surface area contributed by atoms with Crippen molar-refractivity contribution < 1.29 is 21.6 Å². The summed E-state index contributed by atoms with van der Waals surface area (Å²) in [5.41, 5.74) is 0. The van der Waals surface area contributed by atoms with Gasteiger partial charge < -0.3 is 4.74 Å². The predicted octanol–water partition coefficient (Wildman–Crippen LogP) is 0.0196. The summed E-state index contributed by atoms with van der Waals surface area (Å²) < 4.78 is 55.0. The lowest BCUT2D eigenvalue weighted by Gasteiger charge is -2.34. The van der Waals surface area contributed by atoms with Crippen molar-refractivity contribution in [2.24, 2.45) is 0 Å². The van der Waals surface area contributed by atoms with Crippen LogP contribution in [0.4, 0.5) is 0 Å². The highest BCUT2D eigenvalue weighted by Gasteiger charge is 2.48.